The molecule has 5 nitrogen and oxygen atoms in total. The van der Waals surface area contributed by atoms with Crippen LogP contribution in [-0.4, -0.2) is 15.9 Å². The van der Waals surface area contributed by atoms with E-state index in [0.29, 0.717) is 11.4 Å². The van der Waals surface area contributed by atoms with Crippen molar-refractivity contribution >= 4 is 17.7 Å². The van der Waals surface area contributed by atoms with Crippen LogP contribution in [0.3, 0.4) is 0 Å². The molecule has 1 amide bonds. The zero-order valence-corrected chi connectivity index (χ0v) is 13.8. The lowest BCUT2D eigenvalue weighted by molar-refractivity contribution is -0.111. The molecule has 0 radical (unpaired) electrons. The number of carbonyl (C=O) groups excluding carboxylic acids is 1. The van der Waals surface area contributed by atoms with Crippen molar-refractivity contribution in [3.05, 3.63) is 90.3 Å². The van der Waals surface area contributed by atoms with Gasteiger partial charge in [-0.25, -0.2) is 4.39 Å². The van der Waals surface area contributed by atoms with Gasteiger partial charge in [0, 0.05) is 36.4 Å². The lowest BCUT2D eigenvalue weighted by Crippen LogP contribution is -2.08. The van der Waals surface area contributed by atoms with Crippen LogP contribution in [0.5, 0.6) is 5.75 Å². The van der Waals surface area contributed by atoms with Crippen molar-refractivity contribution in [1.82, 2.24) is 9.97 Å². The smallest absolute Gasteiger partial charge is 0.248 e. The molecule has 0 aliphatic carbocycles. The minimum Gasteiger partial charge on any atom is -0.484 e. The van der Waals surface area contributed by atoms with Crippen molar-refractivity contribution in [3.63, 3.8) is 0 Å². The monoisotopic (exact) mass is 349 g/mol. The van der Waals surface area contributed by atoms with Gasteiger partial charge < -0.3 is 10.1 Å². The molecule has 0 aliphatic heterocycles. The highest BCUT2D eigenvalue weighted by Gasteiger charge is 2.07. The number of anilines is 1. The summed E-state index contributed by atoms with van der Waals surface area (Å²) in [5.41, 5.74) is 1.89. The van der Waals surface area contributed by atoms with Gasteiger partial charge in [-0.15, -0.1) is 0 Å². The zero-order valence-electron chi connectivity index (χ0n) is 13.8. The number of aromatic nitrogens is 2. The minimum absolute atomic E-state index is 0.0981. The third kappa shape index (κ3) is 4.98. The highest BCUT2D eigenvalue weighted by Crippen LogP contribution is 2.22. The second-order valence-corrected chi connectivity index (χ2v) is 5.36. The lowest BCUT2D eigenvalue weighted by Gasteiger charge is -2.08. The van der Waals surface area contributed by atoms with Gasteiger partial charge in [-0.3, -0.25) is 14.8 Å². The number of nitrogens with one attached hydrogen (secondary N) is 1. The molecule has 0 aliphatic rings. The van der Waals surface area contributed by atoms with Crippen molar-refractivity contribution in [2.45, 2.75) is 6.61 Å². The van der Waals surface area contributed by atoms with Crippen molar-refractivity contribution in [2.75, 3.05) is 5.32 Å². The van der Waals surface area contributed by atoms with Gasteiger partial charge in [0.25, 0.3) is 0 Å². The maximum Gasteiger partial charge on any atom is 0.248 e. The van der Waals surface area contributed by atoms with Crippen molar-refractivity contribution in [2.24, 2.45) is 0 Å². The SMILES string of the molecule is O=C(/C=C/c1ccncc1)Nc1ccc(OCc2ccccn2)c(F)c1. The Labute approximate surface area is 150 Å². The summed E-state index contributed by atoms with van der Waals surface area (Å²) < 4.78 is 19.6. The molecular weight excluding hydrogens is 333 g/mol. The van der Waals surface area contributed by atoms with Crippen LogP contribution in [-0.2, 0) is 11.4 Å². The van der Waals surface area contributed by atoms with Gasteiger partial charge in [0.05, 0.1) is 5.69 Å². The Kier molecular flexibility index (Phi) is 5.67. The fraction of sp³-hybridized carbons (Fsp3) is 0.0500. The molecule has 0 unspecified atom stereocenters. The summed E-state index contributed by atoms with van der Waals surface area (Å²) in [5.74, 6) is -0.818. The van der Waals surface area contributed by atoms with Crippen LogP contribution in [0, 0.1) is 5.82 Å². The number of nitrogens with zero attached hydrogens (tertiary/aromatic N) is 2. The second kappa shape index (κ2) is 8.53. The molecule has 0 spiro atoms. The second-order valence-electron chi connectivity index (χ2n) is 5.36. The number of ether oxygens (including phenoxy) is 1. The van der Waals surface area contributed by atoms with E-state index >= 15 is 0 Å². The predicted molar refractivity (Wildman–Crippen MR) is 96.9 cm³/mol. The fourth-order valence-electron chi connectivity index (χ4n) is 2.16. The molecule has 26 heavy (non-hydrogen) atoms. The molecule has 3 rings (SSSR count). The van der Waals surface area contributed by atoms with E-state index in [1.165, 1.54) is 18.2 Å². The van der Waals surface area contributed by atoms with Gasteiger partial charge >= 0.3 is 0 Å². The lowest BCUT2D eigenvalue weighted by atomic mass is 10.2. The maximum atomic E-state index is 14.1. The van der Waals surface area contributed by atoms with Crippen LogP contribution in [0.4, 0.5) is 10.1 Å². The number of carbonyl (C=O) groups is 1. The molecular formula is C20H16FN3O2. The Morgan fingerprint density at radius 3 is 2.69 bits per heavy atom. The largest absolute Gasteiger partial charge is 0.484 e. The third-order valence-electron chi connectivity index (χ3n) is 3.43. The molecule has 0 bridgehead atoms. The summed E-state index contributed by atoms with van der Waals surface area (Å²) in [6.45, 7) is 0.165. The van der Waals surface area contributed by atoms with Crippen LogP contribution in [0.25, 0.3) is 6.08 Å². The summed E-state index contributed by atoms with van der Waals surface area (Å²) >= 11 is 0. The van der Waals surface area contributed by atoms with E-state index in [4.69, 9.17) is 4.74 Å². The van der Waals surface area contributed by atoms with Crippen molar-refractivity contribution in [3.8, 4) is 5.75 Å². The summed E-state index contributed by atoms with van der Waals surface area (Å²) in [6, 6.07) is 13.2. The predicted octanol–water partition coefficient (Wildman–Crippen LogP) is 3.85. The van der Waals surface area contributed by atoms with Gasteiger partial charge in [0.15, 0.2) is 11.6 Å². The van der Waals surface area contributed by atoms with Gasteiger partial charge in [-0.1, -0.05) is 6.07 Å². The molecule has 1 aromatic carbocycles. The number of halogens is 1. The van der Waals surface area contributed by atoms with E-state index in [1.54, 1.807) is 55.0 Å². The Bertz CT molecular complexity index is 899. The average molecular weight is 349 g/mol. The maximum absolute atomic E-state index is 14.1. The third-order valence-corrected chi connectivity index (χ3v) is 3.43. The number of pyridine rings is 2. The highest BCUT2D eigenvalue weighted by atomic mass is 19.1. The molecule has 0 fully saturated rings. The zero-order chi connectivity index (χ0) is 18.2. The molecule has 2 aromatic heterocycles. The summed E-state index contributed by atoms with van der Waals surface area (Å²) in [5, 5.41) is 2.60. The Hall–Kier alpha value is -3.54. The Morgan fingerprint density at radius 1 is 1.12 bits per heavy atom. The normalized spacial score (nSPS) is 10.7. The van der Waals surface area contributed by atoms with Crippen molar-refractivity contribution < 1.29 is 13.9 Å². The number of amides is 1. The molecule has 3 aromatic rings. The molecule has 130 valence electrons. The van der Waals surface area contributed by atoms with Crippen LogP contribution in [0.2, 0.25) is 0 Å². The summed E-state index contributed by atoms with van der Waals surface area (Å²) in [6.07, 6.45) is 7.94. The Balaban J connectivity index is 1.58. The fourth-order valence-corrected chi connectivity index (χ4v) is 2.16. The van der Waals surface area contributed by atoms with Crippen LogP contribution in [0.15, 0.2) is 73.2 Å². The standard InChI is InChI=1S/C20H16FN3O2/c21-18-13-16(24-20(25)7-4-15-8-11-22-12-9-15)5-6-19(18)26-14-17-3-1-2-10-23-17/h1-13H,14H2,(H,24,25)/b7-4+. The molecule has 1 N–H and O–H groups in total. The van der Waals surface area contributed by atoms with Crippen LogP contribution in [0.1, 0.15) is 11.3 Å². The number of hydrogen-bond acceptors (Lipinski definition) is 4. The summed E-state index contributed by atoms with van der Waals surface area (Å²) in [4.78, 5) is 19.9. The van der Waals surface area contributed by atoms with E-state index in [0.717, 1.165) is 5.56 Å². The number of benzene rings is 1. The van der Waals surface area contributed by atoms with Crippen LogP contribution >= 0.6 is 0 Å². The first-order valence-electron chi connectivity index (χ1n) is 7.92. The first kappa shape index (κ1) is 17.3. The quantitative estimate of drug-likeness (QED) is 0.687. The van der Waals surface area contributed by atoms with Crippen LogP contribution < -0.4 is 10.1 Å². The molecule has 2 heterocycles. The number of rotatable bonds is 6. The van der Waals surface area contributed by atoms with E-state index in [9.17, 15) is 9.18 Å². The molecule has 0 atom stereocenters. The van der Waals surface area contributed by atoms with Gasteiger partial charge in [0.1, 0.15) is 6.61 Å². The topological polar surface area (TPSA) is 64.1 Å². The number of hydrogen-bond donors (Lipinski definition) is 1. The molecule has 0 saturated heterocycles. The first-order chi connectivity index (χ1) is 12.7. The molecule has 0 saturated carbocycles. The van der Waals surface area contributed by atoms with Crippen molar-refractivity contribution in [1.29, 1.82) is 0 Å². The van der Waals surface area contributed by atoms with Gasteiger partial charge in [-0.2, -0.15) is 0 Å². The minimum atomic E-state index is -0.558. The summed E-state index contributed by atoms with van der Waals surface area (Å²) in [7, 11) is 0. The molecule has 6 heteroatoms. The Morgan fingerprint density at radius 2 is 1.96 bits per heavy atom. The van der Waals surface area contributed by atoms with E-state index in [-0.39, 0.29) is 18.3 Å². The van der Waals surface area contributed by atoms with E-state index < -0.39 is 5.82 Å². The first-order valence-corrected chi connectivity index (χ1v) is 7.92. The van der Waals surface area contributed by atoms with Gasteiger partial charge in [-0.05, 0) is 48.0 Å². The van der Waals surface area contributed by atoms with Gasteiger partial charge in [0.2, 0.25) is 5.91 Å². The van der Waals surface area contributed by atoms with E-state index in [2.05, 4.69) is 15.3 Å². The average Bonchev–Trinajstić information content (AvgIpc) is 2.67. The highest BCUT2D eigenvalue weighted by molar-refractivity contribution is 6.01. The van der Waals surface area contributed by atoms with E-state index in [1.807, 2.05) is 6.07 Å².